The molecule has 2 nitrogen and oxygen atoms in total. The van der Waals surface area contributed by atoms with Gasteiger partial charge in [-0.25, -0.2) is 0 Å². The van der Waals surface area contributed by atoms with Gasteiger partial charge in [-0.1, -0.05) is 11.6 Å². The van der Waals surface area contributed by atoms with Gasteiger partial charge in [-0.2, -0.15) is 0 Å². The minimum atomic E-state index is 0.323. The van der Waals surface area contributed by atoms with Gasteiger partial charge in [0, 0.05) is 29.5 Å². The smallest absolute Gasteiger partial charge is 0.0931 e. The van der Waals surface area contributed by atoms with Crippen LogP contribution >= 0.6 is 22.9 Å². The average Bonchev–Trinajstić information content (AvgIpc) is 2.76. The summed E-state index contributed by atoms with van der Waals surface area (Å²) in [5.74, 6) is 0. The molecule has 1 N–H and O–H groups in total. The predicted octanol–water partition coefficient (Wildman–Crippen LogP) is 3.54. The molecule has 2 rings (SSSR count). The molecule has 1 aromatic heterocycles. The van der Waals surface area contributed by atoms with Gasteiger partial charge in [0.1, 0.15) is 0 Å². The van der Waals surface area contributed by atoms with Gasteiger partial charge >= 0.3 is 0 Å². The molecule has 0 amide bonds. The fourth-order valence-electron chi connectivity index (χ4n) is 2.39. The van der Waals surface area contributed by atoms with Crippen molar-refractivity contribution in [2.24, 2.45) is 0 Å². The summed E-state index contributed by atoms with van der Waals surface area (Å²) in [6.07, 6.45) is 2.43. The quantitative estimate of drug-likeness (QED) is 0.906. The number of likely N-dealkylation sites (tertiary alicyclic amines) is 1. The van der Waals surface area contributed by atoms with E-state index in [0.717, 1.165) is 17.4 Å². The van der Waals surface area contributed by atoms with E-state index in [2.05, 4.69) is 37.2 Å². The van der Waals surface area contributed by atoms with Crippen molar-refractivity contribution in [3.8, 4) is 0 Å². The Morgan fingerprint density at radius 2 is 2.06 bits per heavy atom. The van der Waals surface area contributed by atoms with E-state index in [4.69, 9.17) is 11.6 Å². The van der Waals surface area contributed by atoms with E-state index in [0.29, 0.717) is 11.6 Å². The highest BCUT2D eigenvalue weighted by atomic mass is 35.5. The predicted molar refractivity (Wildman–Crippen MR) is 76.0 cm³/mol. The van der Waals surface area contributed by atoms with Crippen molar-refractivity contribution in [1.29, 1.82) is 0 Å². The molecule has 0 spiro atoms. The minimum Gasteiger partial charge on any atom is -0.314 e. The lowest BCUT2D eigenvalue weighted by Gasteiger charge is -2.41. The van der Waals surface area contributed by atoms with Crippen LogP contribution in [0, 0.1) is 0 Å². The molecule has 2 heterocycles. The first-order chi connectivity index (χ1) is 8.04. The Balaban J connectivity index is 1.97. The fourth-order valence-corrected chi connectivity index (χ4v) is 3.53. The van der Waals surface area contributed by atoms with Gasteiger partial charge in [-0.3, -0.25) is 4.90 Å². The third-order valence-corrected chi connectivity index (χ3v) is 5.46. The Labute approximate surface area is 113 Å². The van der Waals surface area contributed by atoms with Crippen LogP contribution in [-0.4, -0.2) is 30.6 Å². The molecular formula is C13H21ClN2S. The Morgan fingerprint density at radius 1 is 1.41 bits per heavy atom. The van der Waals surface area contributed by atoms with Crippen LogP contribution in [0.1, 0.15) is 37.6 Å². The van der Waals surface area contributed by atoms with Crippen molar-refractivity contribution < 1.29 is 0 Å². The lowest BCUT2D eigenvalue weighted by Crippen LogP contribution is -2.50. The maximum absolute atomic E-state index is 6.00. The molecule has 1 unspecified atom stereocenters. The highest BCUT2D eigenvalue weighted by Crippen LogP contribution is 2.33. The molecule has 1 aliphatic rings. The molecule has 0 radical (unpaired) electrons. The Kier molecular flexibility index (Phi) is 4.14. The topological polar surface area (TPSA) is 15.3 Å². The van der Waals surface area contributed by atoms with Crippen molar-refractivity contribution in [1.82, 2.24) is 10.2 Å². The van der Waals surface area contributed by atoms with Gasteiger partial charge in [0.05, 0.1) is 4.34 Å². The van der Waals surface area contributed by atoms with Crippen molar-refractivity contribution in [3.63, 3.8) is 0 Å². The van der Waals surface area contributed by atoms with Crippen molar-refractivity contribution in [2.45, 2.75) is 38.3 Å². The molecule has 0 aromatic carbocycles. The summed E-state index contributed by atoms with van der Waals surface area (Å²) < 4.78 is 0.893. The maximum atomic E-state index is 6.00. The first kappa shape index (κ1) is 13.3. The Morgan fingerprint density at radius 3 is 2.53 bits per heavy atom. The molecule has 1 saturated heterocycles. The van der Waals surface area contributed by atoms with E-state index >= 15 is 0 Å². The number of hydrogen-bond donors (Lipinski definition) is 1. The van der Waals surface area contributed by atoms with E-state index in [1.54, 1.807) is 11.3 Å². The summed E-state index contributed by atoms with van der Waals surface area (Å²) in [5, 5.41) is 3.44. The first-order valence-electron chi connectivity index (χ1n) is 6.22. The van der Waals surface area contributed by atoms with E-state index in [-0.39, 0.29) is 0 Å². The van der Waals surface area contributed by atoms with Crippen molar-refractivity contribution >= 4 is 22.9 Å². The standard InChI is InChI=1S/C13H21ClN2S/c1-10(11-4-5-12(14)17-11)16-8-6-13(2,15-3)7-9-16/h4-5,10,15H,6-9H2,1-3H3. The zero-order valence-corrected chi connectivity index (χ0v) is 12.4. The number of piperidine rings is 1. The number of hydrogen-bond acceptors (Lipinski definition) is 3. The SMILES string of the molecule is CNC1(C)CCN(C(C)c2ccc(Cl)s2)CC1. The van der Waals surface area contributed by atoms with Crippen LogP contribution in [0.3, 0.4) is 0 Å². The molecule has 0 aliphatic carbocycles. The van der Waals surface area contributed by atoms with E-state index in [9.17, 15) is 0 Å². The second-order valence-electron chi connectivity index (χ2n) is 5.16. The zero-order chi connectivity index (χ0) is 12.5. The molecule has 4 heteroatoms. The molecule has 0 bridgehead atoms. The number of halogens is 1. The number of nitrogens with zero attached hydrogens (tertiary/aromatic N) is 1. The molecule has 96 valence electrons. The van der Waals surface area contributed by atoms with E-state index < -0.39 is 0 Å². The molecule has 1 fully saturated rings. The summed E-state index contributed by atoms with van der Waals surface area (Å²) in [6.45, 7) is 6.92. The third-order valence-electron chi connectivity index (χ3n) is 4.06. The lowest BCUT2D eigenvalue weighted by atomic mass is 9.89. The normalized spacial score (nSPS) is 22.6. The van der Waals surface area contributed by atoms with Gasteiger partial charge in [0.2, 0.25) is 0 Å². The molecule has 0 saturated carbocycles. The Hall–Kier alpha value is -0.0900. The Bertz CT molecular complexity index is 369. The number of rotatable bonds is 3. The van der Waals surface area contributed by atoms with Gasteiger partial charge in [-0.15, -0.1) is 11.3 Å². The van der Waals surface area contributed by atoms with Crippen LogP contribution in [0.5, 0.6) is 0 Å². The molecule has 17 heavy (non-hydrogen) atoms. The molecule has 1 aliphatic heterocycles. The van der Waals surface area contributed by atoms with Crippen molar-refractivity contribution in [3.05, 3.63) is 21.3 Å². The van der Waals surface area contributed by atoms with Crippen LogP contribution in [-0.2, 0) is 0 Å². The third kappa shape index (κ3) is 3.02. The molecular weight excluding hydrogens is 252 g/mol. The van der Waals surface area contributed by atoms with Gasteiger partial charge in [0.25, 0.3) is 0 Å². The van der Waals surface area contributed by atoms with Gasteiger partial charge in [-0.05, 0) is 45.9 Å². The summed E-state index contributed by atoms with van der Waals surface area (Å²) in [5.41, 5.74) is 0.323. The van der Waals surface area contributed by atoms with Crippen LogP contribution in [0.2, 0.25) is 4.34 Å². The van der Waals surface area contributed by atoms with Gasteiger partial charge < -0.3 is 5.32 Å². The van der Waals surface area contributed by atoms with Crippen LogP contribution in [0.25, 0.3) is 0 Å². The van der Waals surface area contributed by atoms with E-state index in [1.807, 2.05) is 6.07 Å². The monoisotopic (exact) mass is 272 g/mol. The average molecular weight is 273 g/mol. The summed E-state index contributed by atoms with van der Waals surface area (Å²) in [6, 6.07) is 4.65. The molecule has 1 atom stereocenters. The maximum Gasteiger partial charge on any atom is 0.0931 e. The zero-order valence-electron chi connectivity index (χ0n) is 10.8. The second-order valence-corrected chi connectivity index (χ2v) is 6.91. The van der Waals surface area contributed by atoms with Crippen LogP contribution < -0.4 is 5.32 Å². The summed E-state index contributed by atoms with van der Waals surface area (Å²) in [4.78, 5) is 3.93. The van der Waals surface area contributed by atoms with Gasteiger partial charge in [0.15, 0.2) is 0 Å². The van der Waals surface area contributed by atoms with Crippen molar-refractivity contribution in [2.75, 3.05) is 20.1 Å². The number of nitrogens with one attached hydrogen (secondary N) is 1. The minimum absolute atomic E-state index is 0.323. The van der Waals surface area contributed by atoms with E-state index in [1.165, 1.54) is 17.7 Å². The first-order valence-corrected chi connectivity index (χ1v) is 7.42. The molecule has 1 aromatic rings. The largest absolute Gasteiger partial charge is 0.314 e. The summed E-state index contributed by atoms with van der Waals surface area (Å²) >= 11 is 7.70. The fraction of sp³-hybridized carbons (Fsp3) is 0.692. The highest BCUT2D eigenvalue weighted by Gasteiger charge is 2.30. The summed E-state index contributed by atoms with van der Waals surface area (Å²) in [7, 11) is 2.07. The lowest BCUT2D eigenvalue weighted by molar-refractivity contribution is 0.119. The number of thiophene rings is 1. The highest BCUT2D eigenvalue weighted by molar-refractivity contribution is 7.16. The van der Waals surface area contributed by atoms with Crippen LogP contribution in [0.15, 0.2) is 12.1 Å². The van der Waals surface area contributed by atoms with Crippen LogP contribution in [0.4, 0.5) is 0 Å². The second kappa shape index (κ2) is 5.27.